The summed E-state index contributed by atoms with van der Waals surface area (Å²) in [4.78, 5) is 8.47. The Hall–Kier alpha value is -0.870. The van der Waals surface area contributed by atoms with E-state index < -0.39 is 0 Å². The molecule has 17 heavy (non-hydrogen) atoms. The molecule has 0 radical (unpaired) electrons. The molecule has 0 saturated heterocycles. The van der Waals surface area contributed by atoms with E-state index in [-0.39, 0.29) is 0 Å². The number of rotatable bonds is 6. The van der Waals surface area contributed by atoms with E-state index in [2.05, 4.69) is 36.1 Å². The molecule has 0 saturated carbocycles. The number of halogens is 1. The fourth-order valence-corrected chi connectivity index (χ4v) is 1.40. The summed E-state index contributed by atoms with van der Waals surface area (Å²) in [5.74, 6) is 1.89. The molecule has 1 rings (SSSR count). The van der Waals surface area contributed by atoms with E-state index in [1.807, 2.05) is 6.92 Å². The summed E-state index contributed by atoms with van der Waals surface area (Å²) in [6, 6.07) is 2.07. The molecule has 5 heteroatoms. The van der Waals surface area contributed by atoms with Crippen LogP contribution in [0.4, 0.5) is 5.82 Å². The Labute approximate surface area is 108 Å². The molecule has 0 bridgehead atoms. The third kappa shape index (κ3) is 4.88. The van der Waals surface area contributed by atoms with Crippen LogP contribution in [-0.2, 0) is 11.3 Å². The summed E-state index contributed by atoms with van der Waals surface area (Å²) in [6.45, 7) is 9.39. The Bertz CT molecular complexity index is 358. The summed E-state index contributed by atoms with van der Waals surface area (Å²) >= 11 is 5.95. The molecule has 4 nitrogen and oxygen atoms in total. The van der Waals surface area contributed by atoms with Crippen molar-refractivity contribution in [1.82, 2.24) is 9.97 Å². The third-order valence-corrected chi connectivity index (χ3v) is 2.75. The Morgan fingerprint density at radius 2 is 2.06 bits per heavy atom. The van der Waals surface area contributed by atoms with Gasteiger partial charge >= 0.3 is 0 Å². The lowest BCUT2D eigenvalue weighted by molar-refractivity contribution is 0.128. The molecular weight excluding hydrogens is 238 g/mol. The van der Waals surface area contributed by atoms with E-state index in [0.717, 1.165) is 5.82 Å². The van der Waals surface area contributed by atoms with E-state index in [1.165, 1.54) is 0 Å². The van der Waals surface area contributed by atoms with Gasteiger partial charge in [0.2, 0.25) is 0 Å². The van der Waals surface area contributed by atoms with Crippen LogP contribution in [0.1, 0.15) is 33.5 Å². The zero-order chi connectivity index (χ0) is 12.8. The Morgan fingerprint density at radius 1 is 1.35 bits per heavy atom. The van der Waals surface area contributed by atoms with Crippen molar-refractivity contribution in [2.75, 3.05) is 11.9 Å². The third-order valence-electron chi connectivity index (χ3n) is 2.55. The predicted octanol–water partition coefficient (Wildman–Crippen LogP) is 3.12. The monoisotopic (exact) mass is 257 g/mol. The van der Waals surface area contributed by atoms with Gasteiger partial charge in [-0.15, -0.1) is 0 Å². The van der Waals surface area contributed by atoms with Crippen molar-refractivity contribution in [2.24, 2.45) is 5.92 Å². The fourth-order valence-electron chi connectivity index (χ4n) is 1.20. The maximum absolute atomic E-state index is 5.95. The van der Waals surface area contributed by atoms with E-state index in [4.69, 9.17) is 16.3 Å². The van der Waals surface area contributed by atoms with Crippen LogP contribution >= 0.6 is 11.6 Å². The van der Waals surface area contributed by atoms with E-state index in [9.17, 15) is 0 Å². The minimum atomic E-state index is 0.334. The standard InChI is InChI=1S/C12H20ClN3O/c1-5-17-7-12-15-10(13)6-11(16-12)14-9(4)8(2)3/h6,8-9H,5,7H2,1-4H3,(H,14,15,16). The van der Waals surface area contributed by atoms with Crippen molar-refractivity contribution >= 4 is 17.4 Å². The highest BCUT2D eigenvalue weighted by Crippen LogP contribution is 2.15. The first kappa shape index (κ1) is 14.2. The topological polar surface area (TPSA) is 47.0 Å². The lowest BCUT2D eigenvalue weighted by Crippen LogP contribution is -2.22. The molecule has 0 aliphatic rings. The number of hydrogen-bond donors (Lipinski definition) is 1. The van der Waals surface area contributed by atoms with Crippen LogP contribution in [0.3, 0.4) is 0 Å². The lowest BCUT2D eigenvalue weighted by Gasteiger charge is -2.18. The first-order valence-electron chi connectivity index (χ1n) is 5.90. The molecule has 0 amide bonds. The fraction of sp³-hybridized carbons (Fsp3) is 0.667. The Kier molecular flexibility index (Phi) is 5.65. The van der Waals surface area contributed by atoms with Gasteiger partial charge in [-0.25, -0.2) is 9.97 Å². The second kappa shape index (κ2) is 6.77. The second-order valence-corrected chi connectivity index (χ2v) is 4.69. The number of ether oxygens (including phenoxy) is 1. The van der Waals surface area contributed by atoms with Gasteiger partial charge in [-0.1, -0.05) is 25.4 Å². The van der Waals surface area contributed by atoms with Crippen molar-refractivity contribution in [2.45, 2.75) is 40.3 Å². The lowest BCUT2D eigenvalue weighted by atomic mass is 10.1. The molecule has 0 fully saturated rings. The normalized spacial score (nSPS) is 12.8. The van der Waals surface area contributed by atoms with Crippen LogP contribution in [0.15, 0.2) is 6.07 Å². The maximum Gasteiger partial charge on any atom is 0.158 e. The van der Waals surface area contributed by atoms with Gasteiger partial charge in [0.1, 0.15) is 17.6 Å². The summed E-state index contributed by atoms with van der Waals surface area (Å²) < 4.78 is 5.27. The zero-order valence-corrected chi connectivity index (χ0v) is 11.6. The van der Waals surface area contributed by atoms with E-state index >= 15 is 0 Å². The largest absolute Gasteiger partial charge is 0.374 e. The van der Waals surface area contributed by atoms with Crippen LogP contribution in [0.2, 0.25) is 5.15 Å². The molecule has 1 unspecified atom stereocenters. The molecule has 0 aliphatic carbocycles. The van der Waals surface area contributed by atoms with Crippen molar-refractivity contribution in [3.05, 3.63) is 17.0 Å². The summed E-state index contributed by atoms with van der Waals surface area (Å²) in [7, 11) is 0. The average Bonchev–Trinajstić information content (AvgIpc) is 2.25. The zero-order valence-electron chi connectivity index (χ0n) is 10.8. The van der Waals surface area contributed by atoms with Crippen LogP contribution in [-0.4, -0.2) is 22.6 Å². The van der Waals surface area contributed by atoms with Crippen LogP contribution < -0.4 is 5.32 Å². The van der Waals surface area contributed by atoms with Crippen LogP contribution in [0, 0.1) is 5.92 Å². The van der Waals surface area contributed by atoms with Crippen molar-refractivity contribution < 1.29 is 4.74 Å². The Morgan fingerprint density at radius 3 is 2.65 bits per heavy atom. The highest BCUT2D eigenvalue weighted by molar-refractivity contribution is 6.29. The van der Waals surface area contributed by atoms with Gasteiger partial charge < -0.3 is 10.1 Å². The number of aromatic nitrogens is 2. The van der Waals surface area contributed by atoms with Gasteiger partial charge in [0.15, 0.2) is 5.82 Å². The van der Waals surface area contributed by atoms with Gasteiger partial charge in [0.05, 0.1) is 0 Å². The predicted molar refractivity (Wildman–Crippen MR) is 70.3 cm³/mol. The van der Waals surface area contributed by atoms with Gasteiger partial charge in [-0.3, -0.25) is 0 Å². The van der Waals surface area contributed by atoms with Crippen molar-refractivity contribution in [1.29, 1.82) is 0 Å². The summed E-state index contributed by atoms with van der Waals surface area (Å²) in [6.07, 6.45) is 0. The number of anilines is 1. The van der Waals surface area contributed by atoms with E-state index in [1.54, 1.807) is 6.07 Å². The number of nitrogens with one attached hydrogen (secondary N) is 1. The summed E-state index contributed by atoms with van der Waals surface area (Å²) in [5.41, 5.74) is 0. The molecule has 0 aliphatic heterocycles. The number of hydrogen-bond acceptors (Lipinski definition) is 4. The van der Waals surface area contributed by atoms with Crippen LogP contribution in [0.25, 0.3) is 0 Å². The minimum Gasteiger partial charge on any atom is -0.374 e. The molecule has 1 heterocycles. The minimum absolute atomic E-state index is 0.334. The van der Waals surface area contributed by atoms with Crippen molar-refractivity contribution in [3.8, 4) is 0 Å². The first-order valence-corrected chi connectivity index (χ1v) is 6.28. The maximum atomic E-state index is 5.95. The second-order valence-electron chi connectivity index (χ2n) is 4.31. The summed E-state index contributed by atoms with van der Waals surface area (Å²) in [5, 5.41) is 3.75. The molecule has 1 aromatic rings. The molecule has 1 atom stereocenters. The Balaban J connectivity index is 2.74. The SMILES string of the molecule is CCOCc1nc(Cl)cc(NC(C)C(C)C)n1. The number of nitrogens with zero attached hydrogens (tertiary/aromatic N) is 2. The quantitative estimate of drug-likeness (QED) is 0.796. The smallest absolute Gasteiger partial charge is 0.158 e. The molecular formula is C12H20ClN3O. The molecule has 1 aromatic heterocycles. The highest BCUT2D eigenvalue weighted by atomic mass is 35.5. The average molecular weight is 258 g/mol. The van der Waals surface area contributed by atoms with E-state index in [0.29, 0.717) is 36.2 Å². The van der Waals surface area contributed by atoms with Gasteiger partial charge in [0.25, 0.3) is 0 Å². The highest BCUT2D eigenvalue weighted by Gasteiger charge is 2.09. The molecule has 1 N–H and O–H groups in total. The molecule has 96 valence electrons. The van der Waals surface area contributed by atoms with Crippen molar-refractivity contribution in [3.63, 3.8) is 0 Å². The first-order chi connectivity index (χ1) is 8.02. The van der Waals surface area contributed by atoms with Gasteiger partial charge in [0, 0.05) is 18.7 Å². The molecule has 0 aromatic carbocycles. The van der Waals surface area contributed by atoms with Gasteiger partial charge in [-0.05, 0) is 19.8 Å². The van der Waals surface area contributed by atoms with Crippen LogP contribution in [0.5, 0.6) is 0 Å². The van der Waals surface area contributed by atoms with Gasteiger partial charge in [-0.2, -0.15) is 0 Å². The molecule has 0 spiro atoms.